The molecule has 5 rings (SSSR count). The highest BCUT2D eigenvalue weighted by Gasteiger charge is 2.27. The van der Waals surface area contributed by atoms with E-state index in [4.69, 9.17) is 10.5 Å². The number of hydrogen-bond acceptors (Lipinski definition) is 7. The van der Waals surface area contributed by atoms with E-state index in [1.165, 1.54) is 12.1 Å². The lowest BCUT2D eigenvalue weighted by atomic mass is 9.93. The molecule has 0 aliphatic carbocycles. The van der Waals surface area contributed by atoms with Crippen LogP contribution in [0.1, 0.15) is 71.8 Å². The number of carbonyl (C=O) groups excluding carboxylic acids is 2. The Bertz CT molecular complexity index is 1740. The van der Waals surface area contributed by atoms with Gasteiger partial charge in [0.15, 0.2) is 5.69 Å². The normalized spacial score (nSPS) is 12.0. The number of anilines is 1. The highest BCUT2D eigenvalue weighted by Crippen LogP contribution is 2.44. The van der Waals surface area contributed by atoms with Crippen molar-refractivity contribution in [3.8, 4) is 27.3 Å². The van der Waals surface area contributed by atoms with Crippen molar-refractivity contribution in [3.05, 3.63) is 86.5 Å². The largest absolute Gasteiger partial charge is 0.493 e. The van der Waals surface area contributed by atoms with Crippen molar-refractivity contribution in [1.29, 1.82) is 0 Å². The van der Waals surface area contributed by atoms with Gasteiger partial charge >= 0.3 is 5.97 Å². The Morgan fingerprint density at radius 1 is 1.00 bits per heavy atom. The smallest absolute Gasteiger partial charge is 0.355 e. The van der Waals surface area contributed by atoms with Gasteiger partial charge in [-0.25, -0.2) is 9.78 Å². The van der Waals surface area contributed by atoms with Gasteiger partial charge < -0.3 is 26.2 Å². The molecule has 0 spiro atoms. The molecule has 5 N–H and O–H groups in total. The van der Waals surface area contributed by atoms with Crippen molar-refractivity contribution in [3.63, 3.8) is 0 Å². The van der Waals surface area contributed by atoms with Crippen LogP contribution in [0.5, 0.6) is 5.75 Å². The maximum Gasteiger partial charge on any atom is 0.355 e. The molecular weight excluding hydrogens is 564 g/mol. The number of thiophene rings is 1. The highest BCUT2D eigenvalue weighted by molar-refractivity contribution is 7.15. The van der Waals surface area contributed by atoms with E-state index in [9.17, 15) is 19.5 Å². The molecule has 3 heterocycles. The number of aromatic carboxylic acids is 1. The molecule has 0 fully saturated rings. The van der Waals surface area contributed by atoms with E-state index in [0.717, 1.165) is 44.0 Å². The lowest BCUT2D eigenvalue weighted by Crippen LogP contribution is -2.25. The molecular formula is C33H34N4O5S. The van der Waals surface area contributed by atoms with E-state index in [2.05, 4.69) is 21.7 Å². The van der Waals surface area contributed by atoms with E-state index in [-0.39, 0.29) is 22.5 Å². The SMILES string of the molecule is CCCNC(=O)c1ccc(-c2cc3c(cc2C(=O)Nc2c(C)cc(CN)cc2C)-c2sc(C)cc2CCO3)c(C(=O)O)n1. The maximum absolute atomic E-state index is 14.1. The van der Waals surface area contributed by atoms with Crippen LogP contribution in [-0.4, -0.2) is 41.0 Å². The lowest BCUT2D eigenvalue weighted by molar-refractivity contribution is 0.0691. The van der Waals surface area contributed by atoms with Crippen LogP contribution in [0, 0.1) is 20.8 Å². The second kappa shape index (κ2) is 12.4. The van der Waals surface area contributed by atoms with E-state index >= 15 is 0 Å². The summed E-state index contributed by atoms with van der Waals surface area (Å²) in [4.78, 5) is 45.6. The summed E-state index contributed by atoms with van der Waals surface area (Å²) in [6, 6.07) is 12.5. The van der Waals surface area contributed by atoms with Crippen LogP contribution in [0.25, 0.3) is 21.6 Å². The number of amides is 2. The third-order valence-corrected chi connectivity index (χ3v) is 8.52. The number of nitrogens with zero attached hydrogens (tertiary/aromatic N) is 1. The summed E-state index contributed by atoms with van der Waals surface area (Å²) in [5.74, 6) is -1.65. The van der Waals surface area contributed by atoms with Crippen LogP contribution in [0.2, 0.25) is 0 Å². The number of aromatic nitrogens is 1. The topological polar surface area (TPSA) is 144 Å². The Kier molecular flexibility index (Phi) is 8.61. The van der Waals surface area contributed by atoms with E-state index in [1.54, 1.807) is 23.5 Å². The Morgan fingerprint density at radius 2 is 1.74 bits per heavy atom. The first kappa shape index (κ1) is 29.9. The summed E-state index contributed by atoms with van der Waals surface area (Å²) >= 11 is 1.63. The van der Waals surface area contributed by atoms with Crippen LogP contribution in [-0.2, 0) is 13.0 Å². The van der Waals surface area contributed by atoms with Gasteiger partial charge in [0.2, 0.25) is 0 Å². The molecule has 0 radical (unpaired) electrons. The summed E-state index contributed by atoms with van der Waals surface area (Å²) in [5.41, 5.74) is 11.5. The van der Waals surface area contributed by atoms with Gasteiger partial charge in [-0.3, -0.25) is 9.59 Å². The molecule has 1 aliphatic rings. The fourth-order valence-electron chi connectivity index (χ4n) is 5.38. The minimum Gasteiger partial charge on any atom is -0.493 e. The summed E-state index contributed by atoms with van der Waals surface area (Å²) in [6.45, 7) is 9.03. The number of pyridine rings is 1. The first-order chi connectivity index (χ1) is 20.6. The number of hydrogen-bond donors (Lipinski definition) is 4. The van der Waals surface area contributed by atoms with Crippen molar-refractivity contribution in [1.82, 2.24) is 10.3 Å². The van der Waals surface area contributed by atoms with Crippen molar-refractivity contribution < 1.29 is 24.2 Å². The third-order valence-electron chi connectivity index (χ3n) is 7.39. The molecule has 0 bridgehead atoms. The van der Waals surface area contributed by atoms with Gasteiger partial charge in [0.05, 0.1) is 6.61 Å². The number of nitrogens with one attached hydrogen (secondary N) is 2. The molecule has 2 amide bonds. The monoisotopic (exact) mass is 598 g/mol. The molecule has 0 saturated carbocycles. The minimum absolute atomic E-state index is 0.0171. The fourth-order valence-corrected chi connectivity index (χ4v) is 6.47. The molecule has 9 nitrogen and oxygen atoms in total. The van der Waals surface area contributed by atoms with Crippen molar-refractivity contribution >= 4 is 34.8 Å². The van der Waals surface area contributed by atoms with Gasteiger partial charge in [-0.1, -0.05) is 19.1 Å². The first-order valence-corrected chi connectivity index (χ1v) is 15.0. The predicted molar refractivity (Wildman–Crippen MR) is 168 cm³/mol. The molecule has 10 heteroatoms. The lowest BCUT2D eigenvalue weighted by Gasteiger charge is -2.18. The van der Waals surface area contributed by atoms with Gasteiger partial charge in [0.1, 0.15) is 11.4 Å². The fraction of sp³-hybridized carbons (Fsp3) is 0.273. The number of nitrogens with two attached hydrogens (primary N) is 1. The number of carboxylic acid groups (broad SMARTS) is 1. The van der Waals surface area contributed by atoms with Gasteiger partial charge in [0.25, 0.3) is 11.8 Å². The molecule has 2 aromatic heterocycles. The van der Waals surface area contributed by atoms with Crippen LogP contribution in [0.4, 0.5) is 5.69 Å². The number of aryl methyl sites for hydroxylation is 3. The number of carboxylic acids is 1. The van der Waals surface area contributed by atoms with Gasteiger partial charge in [-0.2, -0.15) is 0 Å². The number of benzene rings is 2. The van der Waals surface area contributed by atoms with Crippen molar-refractivity contribution in [2.75, 3.05) is 18.5 Å². The van der Waals surface area contributed by atoms with Crippen LogP contribution < -0.4 is 21.1 Å². The number of carbonyl (C=O) groups is 3. The summed E-state index contributed by atoms with van der Waals surface area (Å²) in [6.07, 6.45) is 1.43. The van der Waals surface area contributed by atoms with Crippen molar-refractivity contribution in [2.24, 2.45) is 5.73 Å². The second-order valence-corrected chi connectivity index (χ2v) is 11.9. The quantitative estimate of drug-likeness (QED) is 0.198. The molecule has 4 aromatic rings. The zero-order chi connectivity index (χ0) is 30.8. The Hall–Kier alpha value is -4.54. The van der Waals surface area contributed by atoms with Crippen molar-refractivity contribution in [2.45, 2.75) is 47.1 Å². The van der Waals surface area contributed by atoms with Gasteiger partial charge in [-0.05, 0) is 79.8 Å². The minimum atomic E-state index is -1.32. The number of ether oxygens (including phenoxy) is 1. The molecule has 0 atom stereocenters. The average molecular weight is 599 g/mol. The Labute approximate surface area is 254 Å². The van der Waals surface area contributed by atoms with Crippen LogP contribution >= 0.6 is 11.3 Å². The molecule has 222 valence electrons. The average Bonchev–Trinajstić information content (AvgIpc) is 3.28. The summed E-state index contributed by atoms with van der Waals surface area (Å²) in [5, 5.41) is 16.0. The van der Waals surface area contributed by atoms with E-state index in [1.807, 2.05) is 39.8 Å². The predicted octanol–water partition coefficient (Wildman–Crippen LogP) is 5.89. The van der Waals surface area contributed by atoms with E-state index < -0.39 is 17.8 Å². The first-order valence-electron chi connectivity index (χ1n) is 14.2. The number of rotatable bonds is 8. The van der Waals surface area contributed by atoms with Crippen LogP contribution in [0.3, 0.4) is 0 Å². The third kappa shape index (κ3) is 6.02. The van der Waals surface area contributed by atoms with Gasteiger partial charge in [0, 0.05) is 57.2 Å². The highest BCUT2D eigenvalue weighted by atomic mass is 32.1. The van der Waals surface area contributed by atoms with Gasteiger partial charge in [-0.15, -0.1) is 11.3 Å². The molecule has 0 saturated heterocycles. The Morgan fingerprint density at radius 3 is 2.42 bits per heavy atom. The molecule has 0 unspecified atom stereocenters. The standard InChI is InChI=1S/C33H34N4O5S/c1-5-9-35-32(39)26-7-6-22(29(36-26)33(40)41)23-15-27-25(30-21(8-10-42-27)13-19(4)43-30)14-24(23)31(38)37-28-17(2)11-20(16-34)12-18(28)3/h6-7,11-15H,5,8-10,16,34H2,1-4H3,(H,35,39)(H,37,38)(H,40,41). The van der Waals surface area contributed by atoms with E-state index in [0.29, 0.717) is 43.1 Å². The molecule has 2 aromatic carbocycles. The summed E-state index contributed by atoms with van der Waals surface area (Å²) < 4.78 is 6.15. The molecule has 1 aliphatic heterocycles. The molecule has 43 heavy (non-hydrogen) atoms. The second-order valence-electron chi connectivity index (χ2n) is 10.6. The maximum atomic E-state index is 14.1. The Balaban J connectivity index is 1.70. The zero-order valence-corrected chi connectivity index (χ0v) is 25.4. The number of fused-ring (bicyclic) bond motifs is 3. The van der Waals surface area contributed by atoms with Crippen LogP contribution in [0.15, 0.2) is 42.5 Å². The zero-order valence-electron chi connectivity index (χ0n) is 24.6. The summed E-state index contributed by atoms with van der Waals surface area (Å²) in [7, 11) is 0.